The normalized spacial score (nSPS) is 12.6. The summed E-state index contributed by atoms with van der Waals surface area (Å²) in [7, 11) is 0. The van der Waals surface area contributed by atoms with E-state index in [1.807, 2.05) is 12.1 Å². The van der Waals surface area contributed by atoms with Gasteiger partial charge in [0, 0.05) is 23.5 Å². The molecule has 21 heavy (non-hydrogen) atoms. The molecule has 0 aliphatic rings. The fraction of sp³-hybridized carbons (Fsp3) is 0.368. The van der Waals surface area contributed by atoms with Gasteiger partial charge in [-0.25, -0.2) is 0 Å². The molecule has 0 heterocycles. The van der Waals surface area contributed by atoms with Crippen LogP contribution >= 0.6 is 11.6 Å². The van der Waals surface area contributed by atoms with Crippen LogP contribution in [-0.2, 0) is 6.42 Å². The van der Waals surface area contributed by atoms with Crippen LogP contribution in [0.4, 0.5) is 0 Å². The maximum atomic E-state index is 6.11. The summed E-state index contributed by atoms with van der Waals surface area (Å²) in [6, 6.07) is 17.5. The third-order valence-corrected chi connectivity index (χ3v) is 3.89. The van der Waals surface area contributed by atoms with E-state index in [-0.39, 0.29) is 0 Å². The van der Waals surface area contributed by atoms with Gasteiger partial charge in [-0.05, 0) is 36.6 Å². The molecule has 0 bridgehead atoms. The number of aryl methyl sites for hydroxylation is 1. The summed E-state index contributed by atoms with van der Waals surface area (Å²) in [5, 5.41) is 4.38. The third kappa shape index (κ3) is 5.18. The van der Waals surface area contributed by atoms with Gasteiger partial charge in [0.15, 0.2) is 0 Å². The lowest BCUT2D eigenvalue weighted by molar-refractivity contribution is 0.526. The predicted octanol–water partition coefficient (Wildman–Crippen LogP) is 4.97. The van der Waals surface area contributed by atoms with E-state index in [0.717, 1.165) is 18.0 Å². The molecule has 1 unspecified atom stereocenters. The van der Waals surface area contributed by atoms with Crippen molar-refractivity contribution in [2.24, 2.45) is 0 Å². The summed E-state index contributed by atoms with van der Waals surface area (Å²) in [6.45, 7) is 7.50. The first-order valence-electron chi connectivity index (χ1n) is 7.59. The second kappa shape index (κ2) is 7.63. The minimum atomic E-state index is 0.464. The molecule has 112 valence electrons. The number of halogens is 1. The van der Waals surface area contributed by atoms with Gasteiger partial charge in [0.1, 0.15) is 0 Å². The molecular formula is C19H24ClN. The summed E-state index contributed by atoms with van der Waals surface area (Å²) in [6.07, 6.45) is 1.00. The number of hydrogen-bond donors (Lipinski definition) is 1. The van der Waals surface area contributed by atoms with Crippen molar-refractivity contribution in [3.8, 4) is 0 Å². The van der Waals surface area contributed by atoms with E-state index in [1.54, 1.807) is 0 Å². The zero-order valence-corrected chi connectivity index (χ0v) is 13.8. The van der Waals surface area contributed by atoms with Crippen molar-refractivity contribution in [1.29, 1.82) is 0 Å². The van der Waals surface area contributed by atoms with Gasteiger partial charge in [0.2, 0.25) is 0 Å². The van der Waals surface area contributed by atoms with Gasteiger partial charge in [-0.1, -0.05) is 67.4 Å². The molecule has 2 aromatic rings. The largest absolute Gasteiger partial charge is 0.314 e. The Morgan fingerprint density at radius 2 is 1.81 bits per heavy atom. The third-order valence-electron chi connectivity index (χ3n) is 3.66. The molecule has 0 fully saturated rings. The standard InChI is InChI=1S/C19H24ClN/c1-14(2)21-13-18(17-8-4-6-15(3)10-17)11-16-7-5-9-19(20)12-16/h4-10,12,14,18,21H,11,13H2,1-3H3. The molecule has 0 aliphatic carbocycles. The average Bonchev–Trinajstić information content (AvgIpc) is 2.43. The summed E-state index contributed by atoms with van der Waals surface area (Å²) < 4.78 is 0. The lowest BCUT2D eigenvalue weighted by Gasteiger charge is -2.20. The van der Waals surface area contributed by atoms with Gasteiger partial charge in [-0.15, -0.1) is 0 Å². The van der Waals surface area contributed by atoms with E-state index in [1.165, 1.54) is 16.7 Å². The van der Waals surface area contributed by atoms with Crippen LogP contribution in [-0.4, -0.2) is 12.6 Å². The second-order valence-corrected chi connectivity index (χ2v) is 6.44. The Bertz CT molecular complexity index is 577. The molecule has 0 spiro atoms. The number of rotatable bonds is 6. The predicted molar refractivity (Wildman–Crippen MR) is 92.2 cm³/mol. The zero-order chi connectivity index (χ0) is 15.2. The van der Waals surface area contributed by atoms with E-state index in [2.05, 4.69) is 62.5 Å². The Kier molecular flexibility index (Phi) is 5.84. The zero-order valence-electron chi connectivity index (χ0n) is 13.1. The van der Waals surface area contributed by atoms with Crippen LogP contribution in [0.25, 0.3) is 0 Å². The van der Waals surface area contributed by atoms with Crippen molar-refractivity contribution < 1.29 is 0 Å². The Hall–Kier alpha value is -1.31. The lowest BCUT2D eigenvalue weighted by Crippen LogP contribution is -2.29. The Morgan fingerprint density at radius 1 is 1.05 bits per heavy atom. The molecule has 0 saturated heterocycles. The van der Waals surface area contributed by atoms with Crippen molar-refractivity contribution in [2.75, 3.05) is 6.54 Å². The van der Waals surface area contributed by atoms with Crippen LogP contribution in [0.5, 0.6) is 0 Å². The van der Waals surface area contributed by atoms with Gasteiger partial charge in [-0.3, -0.25) is 0 Å². The quantitative estimate of drug-likeness (QED) is 0.794. The summed E-state index contributed by atoms with van der Waals surface area (Å²) in [5.41, 5.74) is 4.00. The molecule has 1 atom stereocenters. The summed E-state index contributed by atoms with van der Waals surface area (Å²) in [4.78, 5) is 0. The molecule has 2 aromatic carbocycles. The Labute approximate surface area is 133 Å². The molecule has 2 heteroatoms. The van der Waals surface area contributed by atoms with Crippen molar-refractivity contribution >= 4 is 11.6 Å². The molecule has 0 saturated carbocycles. The van der Waals surface area contributed by atoms with Crippen molar-refractivity contribution in [2.45, 2.75) is 39.2 Å². The number of benzene rings is 2. The van der Waals surface area contributed by atoms with E-state index in [9.17, 15) is 0 Å². The number of hydrogen-bond acceptors (Lipinski definition) is 1. The highest BCUT2D eigenvalue weighted by atomic mass is 35.5. The van der Waals surface area contributed by atoms with Crippen molar-refractivity contribution in [3.63, 3.8) is 0 Å². The minimum absolute atomic E-state index is 0.464. The van der Waals surface area contributed by atoms with Crippen molar-refractivity contribution in [3.05, 3.63) is 70.2 Å². The molecule has 2 rings (SSSR count). The lowest BCUT2D eigenvalue weighted by atomic mass is 9.91. The SMILES string of the molecule is Cc1cccc(C(CNC(C)C)Cc2cccc(Cl)c2)c1. The number of nitrogens with one attached hydrogen (secondary N) is 1. The fourth-order valence-corrected chi connectivity index (χ4v) is 2.77. The molecule has 1 nitrogen and oxygen atoms in total. The van der Waals surface area contributed by atoms with Crippen molar-refractivity contribution in [1.82, 2.24) is 5.32 Å². The topological polar surface area (TPSA) is 12.0 Å². The fourth-order valence-electron chi connectivity index (χ4n) is 2.56. The highest BCUT2D eigenvalue weighted by Gasteiger charge is 2.13. The first-order chi connectivity index (χ1) is 10.0. The van der Waals surface area contributed by atoms with Gasteiger partial charge in [0.25, 0.3) is 0 Å². The van der Waals surface area contributed by atoms with Crippen LogP contribution in [0.3, 0.4) is 0 Å². The smallest absolute Gasteiger partial charge is 0.0408 e. The van der Waals surface area contributed by atoms with Gasteiger partial charge >= 0.3 is 0 Å². The minimum Gasteiger partial charge on any atom is -0.314 e. The molecule has 0 aromatic heterocycles. The van der Waals surface area contributed by atoms with Crippen LogP contribution < -0.4 is 5.32 Å². The molecular weight excluding hydrogens is 278 g/mol. The first-order valence-corrected chi connectivity index (χ1v) is 7.97. The van der Waals surface area contributed by atoms with E-state index < -0.39 is 0 Å². The second-order valence-electron chi connectivity index (χ2n) is 6.01. The molecule has 0 amide bonds. The maximum absolute atomic E-state index is 6.11. The van der Waals surface area contributed by atoms with Crippen LogP contribution in [0.2, 0.25) is 5.02 Å². The average molecular weight is 302 g/mol. The maximum Gasteiger partial charge on any atom is 0.0408 e. The molecule has 0 radical (unpaired) electrons. The van der Waals surface area contributed by atoms with Crippen LogP contribution in [0, 0.1) is 6.92 Å². The summed E-state index contributed by atoms with van der Waals surface area (Å²) >= 11 is 6.11. The highest BCUT2D eigenvalue weighted by Crippen LogP contribution is 2.23. The summed E-state index contributed by atoms with van der Waals surface area (Å²) in [5.74, 6) is 0.464. The van der Waals surface area contributed by atoms with Gasteiger partial charge in [0.05, 0.1) is 0 Å². The molecule has 0 aliphatic heterocycles. The van der Waals surface area contributed by atoms with E-state index in [4.69, 9.17) is 11.6 Å². The first kappa shape index (κ1) is 16.1. The Morgan fingerprint density at radius 3 is 2.48 bits per heavy atom. The van der Waals surface area contributed by atoms with Gasteiger partial charge < -0.3 is 5.32 Å². The van der Waals surface area contributed by atoms with E-state index in [0.29, 0.717) is 12.0 Å². The molecule has 1 N–H and O–H groups in total. The van der Waals surface area contributed by atoms with E-state index >= 15 is 0 Å². The Balaban J connectivity index is 2.19. The van der Waals surface area contributed by atoms with Crippen LogP contribution in [0.15, 0.2) is 48.5 Å². The van der Waals surface area contributed by atoms with Gasteiger partial charge in [-0.2, -0.15) is 0 Å². The monoisotopic (exact) mass is 301 g/mol. The van der Waals surface area contributed by atoms with Crippen LogP contribution in [0.1, 0.15) is 36.5 Å². The highest BCUT2D eigenvalue weighted by molar-refractivity contribution is 6.30.